The number of rotatable bonds is 2. The standard InChI is InChI=1S/C35H21NS2/c1-2-10-27-25(8-1)26-9-3-4-11-28(26)30-20-22(16-18-29(27)30)31-19-17-23(21-36-31)24-12-7-15-34-35(24)38-33-14-6-5-13-32(33)37-34/h1-21H. The second kappa shape index (κ2) is 8.76. The monoisotopic (exact) mass is 519 g/mol. The summed E-state index contributed by atoms with van der Waals surface area (Å²) in [6, 6.07) is 43.8. The first-order valence-electron chi connectivity index (χ1n) is 12.7. The molecule has 2 heterocycles. The van der Waals surface area contributed by atoms with Gasteiger partial charge in [-0.05, 0) is 68.2 Å². The summed E-state index contributed by atoms with van der Waals surface area (Å²) in [6.07, 6.45) is 2.03. The highest BCUT2D eigenvalue weighted by molar-refractivity contribution is 8.05. The third-order valence-electron chi connectivity index (χ3n) is 7.37. The highest BCUT2D eigenvalue weighted by Gasteiger charge is 2.20. The first-order chi connectivity index (χ1) is 18.8. The lowest BCUT2D eigenvalue weighted by Gasteiger charge is -2.21. The Morgan fingerprint density at radius 1 is 0.421 bits per heavy atom. The summed E-state index contributed by atoms with van der Waals surface area (Å²) in [5, 5.41) is 7.72. The van der Waals surface area contributed by atoms with Crippen LogP contribution in [-0.4, -0.2) is 4.98 Å². The van der Waals surface area contributed by atoms with Gasteiger partial charge in [-0.25, -0.2) is 0 Å². The van der Waals surface area contributed by atoms with Crippen LogP contribution in [0.4, 0.5) is 0 Å². The summed E-state index contributed by atoms with van der Waals surface area (Å²) in [4.78, 5) is 10.2. The molecule has 0 bridgehead atoms. The molecule has 1 nitrogen and oxygen atoms in total. The van der Waals surface area contributed by atoms with Crippen molar-refractivity contribution in [1.82, 2.24) is 4.98 Å². The van der Waals surface area contributed by atoms with E-state index in [1.54, 1.807) is 0 Å². The van der Waals surface area contributed by atoms with Gasteiger partial charge >= 0.3 is 0 Å². The van der Waals surface area contributed by atoms with Crippen LogP contribution in [0.5, 0.6) is 0 Å². The second-order valence-corrected chi connectivity index (χ2v) is 11.7. The molecule has 0 saturated heterocycles. The Morgan fingerprint density at radius 3 is 1.68 bits per heavy atom. The molecular formula is C35H21NS2. The molecule has 178 valence electrons. The van der Waals surface area contributed by atoms with Crippen molar-refractivity contribution >= 4 is 55.8 Å². The number of pyridine rings is 1. The van der Waals surface area contributed by atoms with E-state index >= 15 is 0 Å². The molecule has 0 unspecified atom stereocenters. The fraction of sp³-hybridized carbons (Fsp3) is 0. The van der Waals surface area contributed by atoms with Crippen molar-refractivity contribution in [3.05, 3.63) is 128 Å². The maximum Gasteiger partial charge on any atom is 0.0702 e. The first-order valence-corrected chi connectivity index (χ1v) is 14.3. The zero-order chi connectivity index (χ0) is 25.1. The number of fused-ring (bicyclic) bond motifs is 8. The van der Waals surface area contributed by atoms with Crippen LogP contribution in [0.1, 0.15) is 0 Å². The van der Waals surface area contributed by atoms with Crippen LogP contribution < -0.4 is 0 Å². The highest BCUT2D eigenvalue weighted by atomic mass is 32.2. The first kappa shape index (κ1) is 22.0. The van der Waals surface area contributed by atoms with Crippen molar-refractivity contribution in [2.45, 2.75) is 19.6 Å². The van der Waals surface area contributed by atoms with Crippen LogP contribution >= 0.6 is 23.5 Å². The number of benzene rings is 6. The normalized spacial score (nSPS) is 12.5. The second-order valence-electron chi connectivity index (χ2n) is 9.57. The van der Waals surface area contributed by atoms with Crippen molar-refractivity contribution in [3.63, 3.8) is 0 Å². The minimum Gasteiger partial charge on any atom is -0.256 e. The molecule has 38 heavy (non-hydrogen) atoms. The molecule has 1 aromatic heterocycles. The molecule has 7 aromatic rings. The smallest absolute Gasteiger partial charge is 0.0702 e. The number of aromatic nitrogens is 1. The Hall–Kier alpha value is -4.05. The van der Waals surface area contributed by atoms with Gasteiger partial charge in [0.2, 0.25) is 0 Å². The number of hydrogen-bond donors (Lipinski definition) is 0. The van der Waals surface area contributed by atoms with Crippen molar-refractivity contribution in [2.24, 2.45) is 0 Å². The molecule has 1 aliphatic heterocycles. The van der Waals surface area contributed by atoms with Gasteiger partial charge in [0.25, 0.3) is 0 Å². The fourth-order valence-electron chi connectivity index (χ4n) is 5.57. The van der Waals surface area contributed by atoms with Crippen LogP contribution in [0.15, 0.2) is 147 Å². The molecule has 3 heteroatoms. The quantitative estimate of drug-likeness (QED) is 0.211. The third-order valence-corrected chi connectivity index (χ3v) is 9.99. The van der Waals surface area contributed by atoms with Crippen LogP contribution in [0, 0.1) is 0 Å². The Balaban J connectivity index is 1.22. The Kier molecular flexibility index (Phi) is 5.07. The fourth-order valence-corrected chi connectivity index (χ4v) is 7.97. The lowest BCUT2D eigenvalue weighted by Crippen LogP contribution is -1.93. The van der Waals surface area contributed by atoms with Gasteiger partial charge in [-0.2, -0.15) is 0 Å². The van der Waals surface area contributed by atoms with Gasteiger partial charge in [0, 0.05) is 36.9 Å². The molecule has 0 fully saturated rings. The van der Waals surface area contributed by atoms with Crippen molar-refractivity contribution in [1.29, 1.82) is 0 Å². The van der Waals surface area contributed by atoms with Crippen LogP contribution in [-0.2, 0) is 0 Å². The molecule has 6 aromatic carbocycles. The Morgan fingerprint density at radius 2 is 1.00 bits per heavy atom. The molecular weight excluding hydrogens is 499 g/mol. The average Bonchev–Trinajstić information content (AvgIpc) is 3.00. The van der Waals surface area contributed by atoms with E-state index < -0.39 is 0 Å². The van der Waals surface area contributed by atoms with Gasteiger partial charge in [-0.3, -0.25) is 4.98 Å². The number of nitrogens with zero attached hydrogens (tertiary/aromatic N) is 1. The molecule has 1 aliphatic rings. The third kappa shape index (κ3) is 3.47. The maximum absolute atomic E-state index is 4.95. The van der Waals surface area contributed by atoms with Gasteiger partial charge in [0.15, 0.2) is 0 Å². The van der Waals surface area contributed by atoms with E-state index in [2.05, 4.69) is 121 Å². The van der Waals surface area contributed by atoms with Crippen molar-refractivity contribution in [2.75, 3.05) is 0 Å². The summed E-state index contributed by atoms with van der Waals surface area (Å²) in [6.45, 7) is 0. The van der Waals surface area contributed by atoms with E-state index in [9.17, 15) is 0 Å². The summed E-state index contributed by atoms with van der Waals surface area (Å²) < 4.78 is 0. The molecule has 0 N–H and O–H groups in total. The average molecular weight is 520 g/mol. The molecule has 0 atom stereocenters. The van der Waals surface area contributed by atoms with Gasteiger partial charge in [0.05, 0.1) is 5.69 Å². The summed E-state index contributed by atoms with van der Waals surface area (Å²) in [5.74, 6) is 0. The van der Waals surface area contributed by atoms with E-state index in [4.69, 9.17) is 4.98 Å². The van der Waals surface area contributed by atoms with Crippen molar-refractivity contribution < 1.29 is 0 Å². The predicted octanol–water partition coefficient (Wildman–Crippen LogP) is 10.5. The Labute approximate surface area is 229 Å². The zero-order valence-corrected chi connectivity index (χ0v) is 22.0. The molecule has 0 amide bonds. The maximum atomic E-state index is 4.95. The zero-order valence-electron chi connectivity index (χ0n) is 20.4. The lowest BCUT2D eigenvalue weighted by atomic mass is 9.93. The predicted molar refractivity (Wildman–Crippen MR) is 162 cm³/mol. The lowest BCUT2D eigenvalue weighted by molar-refractivity contribution is 1.16. The summed E-state index contributed by atoms with van der Waals surface area (Å²) in [5.41, 5.74) is 4.52. The largest absolute Gasteiger partial charge is 0.256 e. The van der Waals surface area contributed by atoms with E-state index in [1.807, 2.05) is 29.7 Å². The Bertz CT molecular complexity index is 1990. The SMILES string of the molecule is c1ccc2c(c1)Sc1cccc(-c3ccc(-c4ccc5c6ccccc6c6ccccc6c5c4)nc3)c1S2. The van der Waals surface area contributed by atoms with Gasteiger partial charge in [-0.1, -0.05) is 115 Å². The van der Waals surface area contributed by atoms with Crippen molar-refractivity contribution in [3.8, 4) is 22.4 Å². The van der Waals surface area contributed by atoms with E-state index in [1.165, 1.54) is 57.5 Å². The van der Waals surface area contributed by atoms with E-state index in [0.29, 0.717) is 0 Å². The van der Waals surface area contributed by atoms with Crippen LogP contribution in [0.2, 0.25) is 0 Å². The summed E-state index contributed by atoms with van der Waals surface area (Å²) >= 11 is 3.71. The highest BCUT2D eigenvalue weighted by Crippen LogP contribution is 2.51. The molecule has 8 rings (SSSR count). The minimum absolute atomic E-state index is 0.991. The van der Waals surface area contributed by atoms with Crippen LogP contribution in [0.3, 0.4) is 0 Å². The molecule has 0 aliphatic carbocycles. The molecule has 0 saturated carbocycles. The molecule has 0 radical (unpaired) electrons. The van der Waals surface area contributed by atoms with E-state index in [0.717, 1.165) is 16.8 Å². The molecule has 0 spiro atoms. The van der Waals surface area contributed by atoms with Gasteiger partial charge < -0.3 is 0 Å². The van der Waals surface area contributed by atoms with Gasteiger partial charge in [-0.15, -0.1) is 0 Å². The van der Waals surface area contributed by atoms with Crippen LogP contribution in [0.25, 0.3) is 54.7 Å². The topological polar surface area (TPSA) is 12.9 Å². The minimum atomic E-state index is 0.991. The number of hydrogen-bond acceptors (Lipinski definition) is 3. The summed E-state index contributed by atoms with van der Waals surface area (Å²) in [7, 11) is 0. The van der Waals surface area contributed by atoms with E-state index in [-0.39, 0.29) is 0 Å². The van der Waals surface area contributed by atoms with Gasteiger partial charge in [0.1, 0.15) is 0 Å².